The molecule has 1 unspecified atom stereocenters. The summed E-state index contributed by atoms with van der Waals surface area (Å²) in [4.78, 5) is 71.7. The standard InChI is InChI=1S/C44H49ClFN9O4/c1-28-24-44(27-54(28)31-4-5-36(47-2)34(45)21-31)11-15-53(16-12-44)39-7-3-29(25-48-39)26-50-13-9-30(10-14-50)51-17-19-52(20-18-51)38-23-33-32(22-35(38)46)42(58)55(43(33)59)37-6-8-40(56)49-41(37)57/h3-5,7,21-23,25,28,30,37H,6,8-20,24,26-27H2,1H3,(H,49,56,57)/t28-,37?/m0/s1. The number of hydrogen-bond acceptors (Lipinski definition) is 10. The van der Waals surface area contributed by atoms with Crippen molar-refractivity contribution in [1.82, 2.24) is 25.0 Å². The molecule has 1 aromatic heterocycles. The molecule has 5 saturated heterocycles. The van der Waals surface area contributed by atoms with E-state index in [1.165, 1.54) is 11.6 Å². The number of rotatable bonds is 7. The summed E-state index contributed by atoms with van der Waals surface area (Å²) in [6, 6.07) is 12.6. The highest BCUT2D eigenvalue weighted by atomic mass is 35.5. The van der Waals surface area contributed by atoms with Crippen LogP contribution >= 0.6 is 11.6 Å². The van der Waals surface area contributed by atoms with Crippen molar-refractivity contribution in [3.8, 4) is 0 Å². The van der Waals surface area contributed by atoms with Crippen LogP contribution in [0.25, 0.3) is 4.85 Å². The van der Waals surface area contributed by atoms with Gasteiger partial charge in [0, 0.05) is 87.8 Å². The molecular weight excluding hydrogens is 773 g/mol. The van der Waals surface area contributed by atoms with Crippen molar-refractivity contribution >= 4 is 58.1 Å². The molecule has 0 aliphatic carbocycles. The average molecular weight is 822 g/mol. The lowest BCUT2D eigenvalue weighted by Crippen LogP contribution is -2.54. The van der Waals surface area contributed by atoms with E-state index < -0.39 is 35.5 Å². The summed E-state index contributed by atoms with van der Waals surface area (Å²) in [7, 11) is 0. The number of hydrogen-bond donors (Lipinski definition) is 1. The first kappa shape index (κ1) is 39.4. The number of pyridine rings is 1. The molecule has 1 N–H and O–H groups in total. The van der Waals surface area contributed by atoms with Gasteiger partial charge in [-0.25, -0.2) is 14.2 Å². The molecular formula is C44H49ClFN9O4. The average Bonchev–Trinajstić information content (AvgIpc) is 3.68. The first-order valence-electron chi connectivity index (χ1n) is 20.9. The van der Waals surface area contributed by atoms with Crippen molar-refractivity contribution in [3.63, 3.8) is 0 Å². The van der Waals surface area contributed by atoms with E-state index in [1.807, 2.05) is 29.3 Å². The van der Waals surface area contributed by atoms with E-state index in [9.17, 15) is 19.2 Å². The largest absolute Gasteiger partial charge is 0.368 e. The molecule has 7 heterocycles. The fraction of sp³-hybridized carbons (Fsp3) is 0.500. The summed E-state index contributed by atoms with van der Waals surface area (Å²) >= 11 is 6.39. The van der Waals surface area contributed by atoms with Crippen LogP contribution in [0.3, 0.4) is 0 Å². The van der Waals surface area contributed by atoms with E-state index >= 15 is 4.39 Å². The first-order valence-corrected chi connectivity index (χ1v) is 21.3. The zero-order valence-corrected chi connectivity index (χ0v) is 34.1. The minimum absolute atomic E-state index is 0.0282. The lowest BCUT2D eigenvalue weighted by molar-refractivity contribution is -0.136. The second kappa shape index (κ2) is 15.8. The third-order valence-corrected chi connectivity index (χ3v) is 14.1. The number of nitrogens with zero attached hydrogens (tertiary/aromatic N) is 8. The number of piperazine rings is 1. The number of piperidine rings is 3. The summed E-state index contributed by atoms with van der Waals surface area (Å²) in [5, 5.41) is 2.71. The Balaban J connectivity index is 0.730. The third-order valence-electron chi connectivity index (χ3n) is 13.7. The number of fused-ring (bicyclic) bond motifs is 1. The smallest absolute Gasteiger partial charge is 0.262 e. The number of likely N-dealkylation sites (tertiary alicyclic amines) is 1. The molecule has 15 heteroatoms. The van der Waals surface area contributed by atoms with Gasteiger partial charge >= 0.3 is 0 Å². The van der Waals surface area contributed by atoms with Crippen LogP contribution in [0, 0.1) is 17.8 Å². The van der Waals surface area contributed by atoms with Gasteiger partial charge in [0.1, 0.15) is 17.7 Å². The van der Waals surface area contributed by atoms with Gasteiger partial charge in [0.15, 0.2) is 0 Å². The number of nitrogens with one attached hydrogen (secondary N) is 1. The Morgan fingerprint density at radius 2 is 1.63 bits per heavy atom. The zero-order valence-electron chi connectivity index (χ0n) is 33.3. The highest BCUT2D eigenvalue weighted by molar-refractivity contribution is 6.33. The van der Waals surface area contributed by atoms with Crippen molar-refractivity contribution in [2.75, 3.05) is 73.6 Å². The predicted molar refractivity (Wildman–Crippen MR) is 222 cm³/mol. The Hall–Kier alpha value is -5.10. The van der Waals surface area contributed by atoms with Gasteiger partial charge in [-0.2, -0.15) is 0 Å². The Kier molecular flexibility index (Phi) is 10.6. The van der Waals surface area contributed by atoms with E-state index in [-0.39, 0.29) is 35.1 Å². The van der Waals surface area contributed by atoms with Crippen LogP contribution in [-0.2, 0) is 16.1 Å². The molecule has 6 aliphatic heterocycles. The highest BCUT2D eigenvalue weighted by Gasteiger charge is 2.46. The lowest BCUT2D eigenvalue weighted by atomic mass is 9.77. The van der Waals surface area contributed by atoms with Crippen molar-refractivity contribution in [3.05, 3.63) is 87.6 Å². The van der Waals surface area contributed by atoms with Gasteiger partial charge in [0.2, 0.25) is 17.5 Å². The van der Waals surface area contributed by atoms with E-state index in [0.717, 1.165) is 107 Å². The SMILES string of the molecule is [C-]#[N+]c1ccc(N2CC3(CCN(c4ccc(CN5CCC(N6CCN(c7cc8c(cc7F)C(=O)N(C7CCC(=O)NC7=O)C8=O)CC6)CC5)cn4)CC3)C[C@@H]2C)cc1Cl. The molecule has 59 heavy (non-hydrogen) atoms. The van der Waals surface area contributed by atoms with Gasteiger partial charge in [-0.15, -0.1) is 0 Å². The number of anilines is 3. The van der Waals surface area contributed by atoms with E-state index in [2.05, 4.69) is 48.8 Å². The summed E-state index contributed by atoms with van der Waals surface area (Å²) < 4.78 is 15.5. The fourth-order valence-electron chi connectivity index (χ4n) is 10.4. The number of carbonyl (C=O) groups is 4. The third kappa shape index (κ3) is 7.53. The molecule has 6 aliphatic rings. The minimum atomic E-state index is -1.09. The summed E-state index contributed by atoms with van der Waals surface area (Å²) in [5.74, 6) is -1.99. The molecule has 5 fully saturated rings. The number of carbonyl (C=O) groups excluding carboxylic acids is 4. The maximum absolute atomic E-state index is 15.5. The number of aromatic nitrogens is 1. The van der Waals surface area contributed by atoms with Crippen molar-refractivity contribution < 1.29 is 23.6 Å². The van der Waals surface area contributed by atoms with Crippen molar-refractivity contribution in [2.45, 2.75) is 76.5 Å². The molecule has 3 aromatic rings. The summed E-state index contributed by atoms with van der Waals surface area (Å²) in [6.45, 7) is 18.2. The van der Waals surface area contributed by atoms with Crippen molar-refractivity contribution in [2.24, 2.45) is 5.41 Å². The molecule has 0 bridgehead atoms. The maximum atomic E-state index is 15.5. The number of imide groups is 2. The summed E-state index contributed by atoms with van der Waals surface area (Å²) in [5.41, 5.74) is 3.42. The maximum Gasteiger partial charge on any atom is 0.262 e. The Morgan fingerprint density at radius 1 is 0.898 bits per heavy atom. The second-order valence-electron chi connectivity index (χ2n) is 17.3. The van der Waals surface area contributed by atoms with Crippen LogP contribution in [0.2, 0.25) is 5.02 Å². The number of amides is 4. The fourth-order valence-corrected chi connectivity index (χ4v) is 10.7. The normalized spacial score (nSPS) is 24.2. The quantitative estimate of drug-likeness (QED) is 0.242. The van der Waals surface area contributed by atoms with Crippen LogP contribution < -0.4 is 20.0 Å². The first-order chi connectivity index (χ1) is 28.5. The molecule has 308 valence electrons. The monoisotopic (exact) mass is 821 g/mol. The van der Waals surface area contributed by atoms with Crippen LogP contribution in [-0.4, -0.2) is 120 Å². The molecule has 0 saturated carbocycles. The second-order valence-corrected chi connectivity index (χ2v) is 17.7. The van der Waals surface area contributed by atoms with E-state index in [0.29, 0.717) is 35.9 Å². The van der Waals surface area contributed by atoms with Gasteiger partial charge in [-0.05, 0) is 99.8 Å². The molecule has 4 amide bonds. The van der Waals surface area contributed by atoms with Crippen LogP contribution in [0.4, 0.5) is 27.3 Å². The number of halogens is 2. The van der Waals surface area contributed by atoms with Crippen LogP contribution in [0.15, 0.2) is 48.7 Å². The lowest BCUT2D eigenvalue weighted by Gasteiger charge is -2.43. The Bertz CT molecular complexity index is 2210. The van der Waals surface area contributed by atoms with Crippen molar-refractivity contribution in [1.29, 1.82) is 0 Å². The molecule has 1 spiro atoms. The molecule has 2 atom stereocenters. The Morgan fingerprint density at radius 3 is 2.29 bits per heavy atom. The van der Waals surface area contributed by atoms with Gasteiger partial charge in [0.05, 0.1) is 23.4 Å². The minimum Gasteiger partial charge on any atom is -0.368 e. The topological polar surface area (TPSA) is 117 Å². The number of benzene rings is 2. The Labute approximate surface area is 348 Å². The van der Waals surface area contributed by atoms with Crippen LogP contribution in [0.5, 0.6) is 0 Å². The van der Waals surface area contributed by atoms with Gasteiger partial charge in [0.25, 0.3) is 11.8 Å². The van der Waals surface area contributed by atoms with E-state index in [4.69, 9.17) is 23.2 Å². The zero-order chi connectivity index (χ0) is 41.0. The molecule has 2 aromatic carbocycles. The summed E-state index contributed by atoms with van der Waals surface area (Å²) in [6.07, 6.45) is 7.62. The van der Waals surface area contributed by atoms with E-state index in [1.54, 1.807) is 0 Å². The van der Waals surface area contributed by atoms with Gasteiger partial charge in [-0.3, -0.25) is 39.2 Å². The van der Waals surface area contributed by atoms with Gasteiger partial charge < -0.3 is 14.7 Å². The predicted octanol–water partition coefficient (Wildman–Crippen LogP) is 5.50. The molecule has 0 radical (unpaired) electrons. The van der Waals surface area contributed by atoms with Gasteiger partial charge in [-0.1, -0.05) is 23.7 Å². The van der Waals surface area contributed by atoms with Crippen LogP contribution in [0.1, 0.15) is 78.1 Å². The highest BCUT2D eigenvalue weighted by Crippen LogP contribution is 2.46. The molecule has 13 nitrogen and oxygen atoms in total. The molecule has 9 rings (SSSR count).